The Hall–Kier alpha value is -0.130. The van der Waals surface area contributed by atoms with Crippen LogP contribution < -0.4 is 5.32 Å². The fraction of sp³-hybridized carbons (Fsp3) is 1.00. The third kappa shape index (κ3) is 10.7. The van der Waals surface area contributed by atoms with Crippen molar-refractivity contribution in [3.63, 3.8) is 0 Å². The van der Waals surface area contributed by atoms with Crippen molar-refractivity contribution in [1.82, 2.24) is 10.2 Å². The fourth-order valence-corrected chi connectivity index (χ4v) is 2.63. The smallest absolute Gasteiger partial charge is 0.148 e. The third-order valence-electron chi connectivity index (χ3n) is 2.86. The average molecular weight is 264 g/mol. The molecule has 0 aromatic heterocycles. The van der Waals surface area contributed by atoms with Crippen LogP contribution in [0.2, 0.25) is 0 Å². The molecule has 0 fully saturated rings. The highest BCUT2D eigenvalue weighted by Gasteiger charge is 2.09. The molecule has 0 saturated heterocycles. The molecule has 0 radical (unpaired) electrons. The molecule has 0 aliphatic heterocycles. The largest absolute Gasteiger partial charge is 0.313 e. The van der Waals surface area contributed by atoms with Crippen LogP contribution in [0.4, 0.5) is 0 Å². The summed E-state index contributed by atoms with van der Waals surface area (Å²) in [5.74, 6) is 0.221. The maximum absolute atomic E-state index is 11.0. The first-order valence-corrected chi connectivity index (χ1v) is 8.39. The Bertz CT molecular complexity index is 289. The number of hydrogen-bond acceptors (Lipinski definition) is 4. The van der Waals surface area contributed by atoms with E-state index < -0.39 is 9.84 Å². The normalized spacial score (nSPS) is 14.5. The Morgan fingerprint density at radius 3 is 2.24 bits per heavy atom. The molecule has 5 heteroatoms. The molecular formula is C12H28N2O2S. The van der Waals surface area contributed by atoms with Crippen molar-refractivity contribution in [2.45, 2.75) is 45.7 Å². The SMILES string of the molecule is CC(CS(C)(=O)=O)NCCCCN(C)C(C)C. The monoisotopic (exact) mass is 264 g/mol. The van der Waals surface area contributed by atoms with Gasteiger partial charge in [-0.05, 0) is 53.8 Å². The molecule has 1 atom stereocenters. The number of rotatable bonds is 9. The van der Waals surface area contributed by atoms with E-state index in [4.69, 9.17) is 0 Å². The third-order valence-corrected chi connectivity index (χ3v) is 3.97. The molecule has 0 aromatic carbocycles. The lowest BCUT2D eigenvalue weighted by molar-refractivity contribution is 0.267. The average Bonchev–Trinajstić information content (AvgIpc) is 2.13. The second kappa shape index (κ2) is 8.06. The Morgan fingerprint density at radius 2 is 1.76 bits per heavy atom. The molecule has 0 spiro atoms. The van der Waals surface area contributed by atoms with E-state index in [-0.39, 0.29) is 11.8 Å². The van der Waals surface area contributed by atoms with Crippen molar-refractivity contribution in [3.8, 4) is 0 Å². The zero-order chi connectivity index (χ0) is 13.5. The highest BCUT2D eigenvalue weighted by atomic mass is 32.2. The number of nitrogens with one attached hydrogen (secondary N) is 1. The standard InChI is InChI=1S/C12H28N2O2S/c1-11(2)14(4)9-7-6-8-13-12(3)10-17(5,15)16/h11-13H,6-10H2,1-5H3. The summed E-state index contributed by atoms with van der Waals surface area (Å²) in [7, 11) is -0.732. The van der Waals surface area contributed by atoms with E-state index in [0.717, 1.165) is 25.9 Å². The lowest BCUT2D eigenvalue weighted by Crippen LogP contribution is -2.34. The summed E-state index contributed by atoms with van der Waals surface area (Å²) in [6.07, 6.45) is 3.52. The van der Waals surface area contributed by atoms with Crippen molar-refractivity contribution < 1.29 is 8.42 Å². The van der Waals surface area contributed by atoms with Gasteiger partial charge in [0.05, 0.1) is 5.75 Å². The van der Waals surface area contributed by atoms with Gasteiger partial charge in [-0.25, -0.2) is 8.42 Å². The molecule has 0 bridgehead atoms. The summed E-state index contributed by atoms with van der Waals surface area (Å²) in [6, 6.07) is 0.639. The summed E-state index contributed by atoms with van der Waals surface area (Å²) in [5.41, 5.74) is 0. The summed E-state index contributed by atoms with van der Waals surface area (Å²) >= 11 is 0. The van der Waals surface area contributed by atoms with Crippen LogP contribution in [-0.2, 0) is 9.84 Å². The van der Waals surface area contributed by atoms with Gasteiger partial charge in [-0.3, -0.25) is 0 Å². The van der Waals surface area contributed by atoms with Crippen molar-refractivity contribution in [2.75, 3.05) is 32.1 Å². The van der Waals surface area contributed by atoms with Gasteiger partial charge in [0.25, 0.3) is 0 Å². The molecule has 0 aliphatic carbocycles. The molecular weight excluding hydrogens is 236 g/mol. The predicted molar refractivity (Wildman–Crippen MR) is 74.2 cm³/mol. The van der Waals surface area contributed by atoms with E-state index >= 15 is 0 Å². The molecule has 104 valence electrons. The minimum Gasteiger partial charge on any atom is -0.313 e. The van der Waals surface area contributed by atoms with E-state index in [1.807, 2.05) is 6.92 Å². The van der Waals surface area contributed by atoms with Crippen molar-refractivity contribution in [2.24, 2.45) is 0 Å². The zero-order valence-electron chi connectivity index (χ0n) is 11.9. The van der Waals surface area contributed by atoms with E-state index in [9.17, 15) is 8.42 Å². The Balaban J connectivity index is 3.52. The molecule has 17 heavy (non-hydrogen) atoms. The van der Waals surface area contributed by atoms with Crippen LogP contribution in [-0.4, -0.2) is 57.5 Å². The maximum atomic E-state index is 11.0. The van der Waals surface area contributed by atoms with Gasteiger partial charge >= 0.3 is 0 Å². The van der Waals surface area contributed by atoms with Gasteiger partial charge in [0.2, 0.25) is 0 Å². The van der Waals surface area contributed by atoms with Crippen LogP contribution >= 0.6 is 0 Å². The Morgan fingerprint density at radius 1 is 1.18 bits per heavy atom. The van der Waals surface area contributed by atoms with Crippen molar-refractivity contribution in [1.29, 1.82) is 0 Å². The fourth-order valence-electron chi connectivity index (χ4n) is 1.61. The van der Waals surface area contributed by atoms with Crippen LogP contribution in [0.15, 0.2) is 0 Å². The number of unbranched alkanes of at least 4 members (excludes halogenated alkanes) is 1. The Kier molecular flexibility index (Phi) is 8.00. The highest BCUT2D eigenvalue weighted by Crippen LogP contribution is 1.98. The summed E-state index contributed by atoms with van der Waals surface area (Å²) in [4.78, 5) is 2.32. The van der Waals surface area contributed by atoms with Crippen LogP contribution in [0, 0.1) is 0 Å². The molecule has 4 nitrogen and oxygen atoms in total. The highest BCUT2D eigenvalue weighted by molar-refractivity contribution is 7.90. The molecule has 0 aromatic rings. The van der Waals surface area contributed by atoms with Crippen LogP contribution in [0.25, 0.3) is 0 Å². The topological polar surface area (TPSA) is 49.4 Å². The minimum atomic E-state index is -2.86. The number of sulfone groups is 1. The van der Waals surface area contributed by atoms with Gasteiger partial charge in [0, 0.05) is 18.3 Å². The maximum Gasteiger partial charge on any atom is 0.148 e. The lowest BCUT2D eigenvalue weighted by atomic mass is 10.2. The Labute approximate surface area is 107 Å². The molecule has 0 saturated carbocycles. The molecule has 0 rings (SSSR count). The molecule has 1 unspecified atom stereocenters. The van der Waals surface area contributed by atoms with Crippen molar-refractivity contribution in [3.05, 3.63) is 0 Å². The van der Waals surface area contributed by atoms with Gasteiger partial charge in [-0.1, -0.05) is 0 Å². The first-order chi connectivity index (χ1) is 7.72. The first-order valence-electron chi connectivity index (χ1n) is 6.33. The van der Waals surface area contributed by atoms with Gasteiger partial charge in [-0.15, -0.1) is 0 Å². The van der Waals surface area contributed by atoms with E-state index in [1.54, 1.807) is 0 Å². The first kappa shape index (κ1) is 16.9. The summed E-state index contributed by atoms with van der Waals surface area (Å²) in [6.45, 7) is 8.28. The van der Waals surface area contributed by atoms with Crippen LogP contribution in [0.3, 0.4) is 0 Å². The lowest BCUT2D eigenvalue weighted by Gasteiger charge is -2.21. The van der Waals surface area contributed by atoms with Gasteiger partial charge < -0.3 is 10.2 Å². The van der Waals surface area contributed by atoms with Gasteiger partial charge in [0.1, 0.15) is 9.84 Å². The second-order valence-electron chi connectivity index (χ2n) is 5.23. The predicted octanol–water partition coefficient (Wildman–Crippen LogP) is 1.13. The molecule has 0 heterocycles. The van der Waals surface area contributed by atoms with E-state index in [1.165, 1.54) is 6.26 Å². The number of nitrogens with zero attached hydrogens (tertiary/aromatic N) is 1. The van der Waals surface area contributed by atoms with Crippen molar-refractivity contribution >= 4 is 9.84 Å². The summed E-state index contributed by atoms with van der Waals surface area (Å²) in [5, 5.41) is 3.24. The number of hydrogen-bond donors (Lipinski definition) is 1. The van der Waals surface area contributed by atoms with Gasteiger partial charge in [0.15, 0.2) is 0 Å². The minimum absolute atomic E-state index is 0.0489. The van der Waals surface area contributed by atoms with Gasteiger partial charge in [-0.2, -0.15) is 0 Å². The van der Waals surface area contributed by atoms with Crippen LogP contribution in [0.5, 0.6) is 0 Å². The molecule has 0 amide bonds. The second-order valence-corrected chi connectivity index (χ2v) is 7.41. The zero-order valence-corrected chi connectivity index (χ0v) is 12.7. The van der Waals surface area contributed by atoms with Crippen LogP contribution in [0.1, 0.15) is 33.6 Å². The van der Waals surface area contributed by atoms with E-state index in [2.05, 4.69) is 31.1 Å². The molecule has 0 aliphatic rings. The van der Waals surface area contributed by atoms with E-state index in [0.29, 0.717) is 6.04 Å². The molecule has 1 N–H and O–H groups in total. The summed E-state index contributed by atoms with van der Waals surface area (Å²) < 4.78 is 22.1. The quantitative estimate of drug-likeness (QED) is 0.634.